The maximum Gasteiger partial charge on any atom is 0.120 e. The van der Waals surface area contributed by atoms with E-state index in [4.69, 9.17) is 0 Å². The summed E-state index contributed by atoms with van der Waals surface area (Å²) < 4.78 is 0. The van der Waals surface area contributed by atoms with Crippen LogP contribution in [0.25, 0.3) is 0 Å². The zero-order chi connectivity index (χ0) is 10.0. The Labute approximate surface area is 85.0 Å². The van der Waals surface area contributed by atoms with E-state index >= 15 is 0 Å². The van der Waals surface area contributed by atoms with Crippen molar-refractivity contribution in [3.8, 4) is 5.75 Å². The summed E-state index contributed by atoms with van der Waals surface area (Å²) in [5.41, 5.74) is 1.12. The van der Waals surface area contributed by atoms with Crippen molar-refractivity contribution in [2.24, 2.45) is 0 Å². The molecule has 0 bridgehead atoms. The number of aromatic hydroxyl groups is 1. The lowest BCUT2D eigenvalue weighted by Crippen LogP contribution is -2.53. The molecule has 1 saturated heterocycles. The van der Waals surface area contributed by atoms with Crippen molar-refractivity contribution in [3.05, 3.63) is 29.8 Å². The van der Waals surface area contributed by atoms with E-state index < -0.39 is 0 Å². The summed E-state index contributed by atoms with van der Waals surface area (Å²) >= 11 is 0. The standard InChI is InChI=1S/C12H17NO/c1-2-7-12(8-9-13-12)10-5-3-4-6-11(10)14/h3-6,13-14H,2,7-9H2,1H3. The predicted molar refractivity (Wildman–Crippen MR) is 57.3 cm³/mol. The second kappa shape index (κ2) is 3.62. The Bertz CT molecular complexity index is 318. The molecule has 1 unspecified atom stereocenters. The third-order valence-corrected chi connectivity index (χ3v) is 3.11. The first-order valence-electron chi connectivity index (χ1n) is 5.32. The van der Waals surface area contributed by atoms with Gasteiger partial charge in [0.05, 0.1) is 0 Å². The summed E-state index contributed by atoms with van der Waals surface area (Å²) in [4.78, 5) is 0. The van der Waals surface area contributed by atoms with Crippen molar-refractivity contribution in [2.45, 2.75) is 31.7 Å². The van der Waals surface area contributed by atoms with Gasteiger partial charge in [0.15, 0.2) is 0 Å². The molecule has 1 aliphatic rings. The molecule has 0 spiro atoms. The lowest BCUT2D eigenvalue weighted by molar-refractivity contribution is 0.186. The maximum atomic E-state index is 9.80. The maximum absolute atomic E-state index is 9.80. The van der Waals surface area contributed by atoms with Crippen LogP contribution in [0.2, 0.25) is 0 Å². The summed E-state index contributed by atoms with van der Waals surface area (Å²) in [5, 5.41) is 13.3. The molecular weight excluding hydrogens is 174 g/mol. The van der Waals surface area contributed by atoms with E-state index in [1.165, 1.54) is 0 Å². The van der Waals surface area contributed by atoms with Crippen LogP contribution >= 0.6 is 0 Å². The fourth-order valence-electron chi connectivity index (χ4n) is 2.31. The zero-order valence-electron chi connectivity index (χ0n) is 8.59. The normalized spacial score (nSPS) is 25.8. The molecule has 0 amide bonds. The minimum atomic E-state index is 0.0556. The molecule has 0 aliphatic carbocycles. The first-order valence-corrected chi connectivity index (χ1v) is 5.32. The topological polar surface area (TPSA) is 32.3 Å². The molecule has 2 rings (SSSR count). The van der Waals surface area contributed by atoms with Gasteiger partial charge in [-0.15, -0.1) is 0 Å². The largest absolute Gasteiger partial charge is 0.508 e. The van der Waals surface area contributed by atoms with Gasteiger partial charge in [-0.05, 0) is 25.5 Å². The molecular formula is C12H17NO. The van der Waals surface area contributed by atoms with Crippen LogP contribution in [0.15, 0.2) is 24.3 Å². The van der Waals surface area contributed by atoms with Crippen LogP contribution in [0.1, 0.15) is 31.7 Å². The molecule has 1 fully saturated rings. The molecule has 1 atom stereocenters. The number of hydrogen-bond donors (Lipinski definition) is 2. The minimum Gasteiger partial charge on any atom is -0.508 e. The Balaban J connectivity index is 2.32. The van der Waals surface area contributed by atoms with Crippen molar-refractivity contribution >= 4 is 0 Å². The van der Waals surface area contributed by atoms with E-state index in [1.54, 1.807) is 6.07 Å². The highest BCUT2D eigenvalue weighted by atomic mass is 16.3. The highest BCUT2D eigenvalue weighted by Gasteiger charge is 2.38. The van der Waals surface area contributed by atoms with Crippen LogP contribution in [-0.2, 0) is 5.54 Å². The van der Waals surface area contributed by atoms with E-state index in [0.29, 0.717) is 5.75 Å². The molecule has 2 N–H and O–H groups in total. The van der Waals surface area contributed by atoms with E-state index in [-0.39, 0.29) is 5.54 Å². The Kier molecular flexibility index (Phi) is 2.46. The molecule has 0 radical (unpaired) electrons. The number of benzene rings is 1. The fraction of sp³-hybridized carbons (Fsp3) is 0.500. The number of phenolic OH excluding ortho intramolecular Hbond substituents is 1. The van der Waals surface area contributed by atoms with Crippen LogP contribution in [0.3, 0.4) is 0 Å². The van der Waals surface area contributed by atoms with Gasteiger partial charge in [-0.1, -0.05) is 31.5 Å². The molecule has 1 heterocycles. The second-order valence-corrected chi connectivity index (χ2v) is 4.03. The van der Waals surface area contributed by atoms with E-state index in [1.807, 2.05) is 18.2 Å². The Hall–Kier alpha value is -1.02. The van der Waals surface area contributed by atoms with Gasteiger partial charge < -0.3 is 10.4 Å². The van der Waals surface area contributed by atoms with Gasteiger partial charge in [-0.25, -0.2) is 0 Å². The fourth-order valence-corrected chi connectivity index (χ4v) is 2.31. The van der Waals surface area contributed by atoms with E-state index in [2.05, 4.69) is 12.2 Å². The number of phenols is 1. The number of para-hydroxylation sites is 1. The number of hydrogen-bond acceptors (Lipinski definition) is 2. The molecule has 2 heteroatoms. The van der Waals surface area contributed by atoms with Crippen molar-refractivity contribution in [3.63, 3.8) is 0 Å². The zero-order valence-corrected chi connectivity index (χ0v) is 8.59. The summed E-state index contributed by atoms with van der Waals surface area (Å²) in [7, 11) is 0. The van der Waals surface area contributed by atoms with Crippen LogP contribution in [0.5, 0.6) is 5.75 Å². The van der Waals surface area contributed by atoms with Crippen LogP contribution in [-0.4, -0.2) is 11.7 Å². The smallest absolute Gasteiger partial charge is 0.120 e. The molecule has 14 heavy (non-hydrogen) atoms. The Morgan fingerprint density at radius 2 is 2.14 bits per heavy atom. The van der Waals surface area contributed by atoms with Gasteiger partial charge in [-0.2, -0.15) is 0 Å². The third kappa shape index (κ3) is 1.40. The SMILES string of the molecule is CCCC1(c2ccccc2O)CCN1. The van der Waals surface area contributed by atoms with Gasteiger partial charge in [0.2, 0.25) is 0 Å². The van der Waals surface area contributed by atoms with Gasteiger partial charge in [0, 0.05) is 11.1 Å². The van der Waals surface area contributed by atoms with Crippen molar-refractivity contribution < 1.29 is 5.11 Å². The monoisotopic (exact) mass is 191 g/mol. The third-order valence-electron chi connectivity index (χ3n) is 3.11. The Morgan fingerprint density at radius 3 is 2.64 bits per heavy atom. The lowest BCUT2D eigenvalue weighted by atomic mass is 9.77. The highest BCUT2D eigenvalue weighted by molar-refractivity contribution is 5.39. The van der Waals surface area contributed by atoms with Crippen LogP contribution < -0.4 is 5.32 Å². The van der Waals surface area contributed by atoms with Crippen molar-refractivity contribution in [1.82, 2.24) is 5.32 Å². The Morgan fingerprint density at radius 1 is 1.43 bits per heavy atom. The summed E-state index contributed by atoms with van der Waals surface area (Å²) in [6, 6.07) is 7.66. The minimum absolute atomic E-state index is 0.0556. The average molecular weight is 191 g/mol. The van der Waals surface area contributed by atoms with Gasteiger partial charge >= 0.3 is 0 Å². The van der Waals surface area contributed by atoms with Gasteiger partial charge in [0.1, 0.15) is 5.75 Å². The van der Waals surface area contributed by atoms with Crippen LogP contribution in [0, 0.1) is 0 Å². The van der Waals surface area contributed by atoms with Gasteiger partial charge in [-0.3, -0.25) is 0 Å². The number of rotatable bonds is 3. The average Bonchev–Trinajstić information content (AvgIpc) is 2.13. The summed E-state index contributed by atoms with van der Waals surface area (Å²) in [6.07, 6.45) is 3.38. The van der Waals surface area contributed by atoms with E-state index in [9.17, 15) is 5.11 Å². The van der Waals surface area contributed by atoms with Gasteiger partial charge in [0.25, 0.3) is 0 Å². The van der Waals surface area contributed by atoms with Crippen LogP contribution in [0.4, 0.5) is 0 Å². The second-order valence-electron chi connectivity index (χ2n) is 4.03. The van der Waals surface area contributed by atoms with Crippen molar-refractivity contribution in [2.75, 3.05) is 6.54 Å². The lowest BCUT2D eigenvalue weighted by Gasteiger charge is -2.44. The molecule has 1 aromatic rings. The molecule has 1 aromatic carbocycles. The molecule has 0 saturated carbocycles. The molecule has 0 aromatic heterocycles. The first kappa shape index (κ1) is 9.53. The predicted octanol–water partition coefficient (Wildman–Crippen LogP) is 2.38. The molecule has 1 aliphatic heterocycles. The summed E-state index contributed by atoms with van der Waals surface area (Å²) in [5.74, 6) is 0.424. The van der Waals surface area contributed by atoms with Crippen molar-refractivity contribution in [1.29, 1.82) is 0 Å². The highest BCUT2D eigenvalue weighted by Crippen LogP contribution is 2.39. The first-order chi connectivity index (χ1) is 6.78. The number of nitrogens with one attached hydrogen (secondary N) is 1. The van der Waals surface area contributed by atoms with E-state index in [0.717, 1.165) is 31.4 Å². The quantitative estimate of drug-likeness (QED) is 0.768. The molecule has 2 nitrogen and oxygen atoms in total. The molecule has 76 valence electrons. The summed E-state index contributed by atoms with van der Waals surface area (Å²) in [6.45, 7) is 3.25.